The van der Waals surface area contributed by atoms with Crippen molar-refractivity contribution in [1.29, 1.82) is 0 Å². The van der Waals surface area contributed by atoms with Crippen molar-refractivity contribution in [3.8, 4) is 0 Å². The number of hydrogen-bond donors (Lipinski definition) is 1. The summed E-state index contributed by atoms with van der Waals surface area (Å²) in [4.78, 5) is 13.7. The van der Waals surface area contributed by atoms with Crippen molar-refractivity contribution in [2.45, 2.75) is 19.1 Å². The molecule has 92 valence electrons. The third-order valence-electron chi connectivity index (χ3n) is 3.05. The van der Waals surface area contributed by atoms with Crippen molar-refractivity contribution in [1.82, 2.24) is 4.90 Å². The summed E-state index contributed by atoms with van der Waals surface area (Å²) < 4.78 is 5.64. The first-order valence-electron chi connectivity index (χ1n) is 5.88. The molecule has 1 aromatic carbocycles. The number of carbonyl (C=O) groups is 1. The van der Waals surface area contributed by atoms with Crippen LogP contribution >= 0.6 is 0 Å². The normalized spacial score (nSPS) is 24.7. The van der Waals surface area contributed by atoms with Gasteiger partial charge in [-0.3, -0.25) is 4.79 Å². The topological polar surface area (TPSA) is 55.6 Å². The predicted octanol–water partition coefficient (Wildman–Crippen LogP) is 0.934. The highest BCUT2D eigenvalue weighted by Gasteiger charge is 2.30. The van der Waals surface area contributed by atoms with Gasteiger partial charge in [-0.25, -0.2) is 0 Å². The van der Waals surface area contributed by atoms with Crippen LogP contribution in [0.25, 0.3) is 0 Å². The van der Waals surface area contributed by atoms with Crippen molar-refractivity contribution in [3.63, 3.8) is 0 Å². The van der Waals surface area contributed by atoms with E-state index in [0.29, 0.717) is 13.2 Å². The minimum atomic E-state index is -0.0194. The summed E-state index contributed by atoms with van der Waals surface area (Å²) in [6, 6.07) is 9.92. The van der Waals surface area contributed by atoms with E-state index in [1.54, 1.807) is 0 Å². The molecule has 2 rings (SSSR count). The van der Waals surface area contributed by atoms with E-state index in [-0.39, 0.29) is 24.6 Å². The molecule has 1 amide bonds. The molecule has 4 nitrogen and oxygen atoms in total. The standard InChI is InChI=1S/C13H18N2O2/c1-10-8-15(13(16)7-14)12(9-17-10)11-5-3-2-4-6-11/h2-6,10,12H,7-9,14H2,1H3/t10-,12-/m1/s1. The van der Waals surface area contributed by atoms with Gasteiger partial charge in [0.2, 0.25) is 5.91 Å². The fraction of sp³-hybridized carbons (Fsp3) is 0.462. The first kappa shape index (κ1) is 12.1. The molecule has 17 heavy (non-hydrogen) atoms. The average molecular weight is 234 g/mol. The molecular formula is C13H18N2O2. The van der Waals surface area contributed by atoms with E-state index in [2.05, 4.69) is 0 Å². The smallest absolute Gasteiger partial charge is 0.236 e. The Morgan fingerprint density at radius 1 is 1.47 bits per heavy atom. The Hall–Kier alpha value is -1.39. The molecule has 0 radical (unpaired) electrons. The molecule has 1 aromatic rings. The monoisotopic (exact) mass is 234 g/mol. The number of benzene rings is 1. The minimum absolute atomic E-state index is 0.0107. The van der Waals surface area contributed by atoms with E-state index in [1.807, 2.05) is 42.2 Å². The van der Waals surface area contributed by atoms with Crippen LogP contribution in [0.3, 0.4) is 0 Å². The number of morpholine rings is 1. The quantitative estimate of drug-likeness (QED) is 0.828. The molecule has 2 N–H and O–H groups in total. The van der Waals surface area contributed by atoms with E-state index < -0.39 is 0 Å². The third kappa shape index (κ3) is 2.65. The van der Waals surface area contributed by atoms with Crippen LogP contribution in [-0.4, -0.2) is 36.6 Å². The van der Waals surface area contributed by atoms with E-state index in [4.69, 9.17) is 10.5 Å². The molecule has 1 fully saturated rings. The van der Waals surface area contributed by atoms with Gasteiger partial charge in [-0.1, -0.05) is 30.3 Å². The van der Waals surface area contributed by atoms with Crippen LogP contribution in [-0.2, 0) is 9.53 Å². The number of carbonyl (C=O) groups excluding carboxylic acids is 1. The van der Waals surface area contributed by atoms with Crippen LogP contribution in [0, 0.1) is 0 Å². The fourth-order valence-corrected chi connectivity index (χ4v) is 2.15. The van der Waals surface area contributed by atoms with Gasteiger partial charge >= 0.3 is 0 Å². The highest BCUT2D eigenvalue weighted by molar-refractivity contribution is 5.78. The van der Waals surface area contributed by atoms with Crippen molar-refractivity contribution in [2.75, 3.05) is 19.7 Å². The van der Waals surface area contributed by atoms with Gasteiger partial charge in [0.15, 0.2) is 0 Å². The van der Waals surface area contributed by atoms with E-state index >= 15 is 0 Å². The van der Waals surface area contributed by atoms with E-state index in [0.717, 1.165) is 5.56 Å². The molecule has 0 aromatic heterocycles. The Bertz CT molecular complexity index is 380. The third-order valence-corrected chi connectivity index (χ3v) is 3.05. The number of amides is 1. The van der Waals surface area contributed by atoms with Gasteiger partial charge in [0.1, 0.15) is 0 Å². The molecule has 0 saturated carbocycles. The van der Waals surface area contributed by atoms with E-state index in [1.165, 1.54) is 0 Å². The maximum Gasteiger partial charge on any atom is 0.236 e. The van der Waals surface area contributed by atoms with Gasteiger partial charge < -0.3 is 15.4 Å². The second kappa shape index (κ2) is 5.29. The Labute approximate surface area is 101 Å². The van der Waals surface area contributed by atoms with Crippen LogP contribution in [0.4, 0.5) is 0 Å². The van der Waals surface area contributed by atoms with Crippen molar-refractivity contribution in [3.05, 3.63) is 35.9 Å². The zero-order valence-electron chi connectivity index (χ0n) is 10.0. The lowest BCUT2D eigenvalue weighted by molar-refractivity contribution is -0.143. The number of rotatable bonds is 2. The molecule has 0 unspecified atom stereocenters. The lowest BCUT2D eigenvalue weighted by Gasteiger charge is -2.38. The van der Waals surface area contributed by atoms with Gasteiger partial charge in [-0.2, -0.15) is 0 Å². The molecule has 1 heterocycles. The summed E-state index contributed by atoms with van der Waals surface area (Å²) in [6.07, 6.45) is 0.0745. The average Bonchev–Trinajstić information content (AvgIpc) is 2.38. The first-order valence-corrected chi connectivity index (χ1v) is 5.88. The zero-order chi connectivity index (χ0) is 12.3. The Balaban J connectivity index is 2.22. The summed E-state index contributed by atoms with van der Waals surface area (Å²) >= 11 is 0. The molecule has 4 heteroatoms. The summed E-state index contributed by atoms with van der Waals surface area (Å²) in [5, 5.41) is 0. The fourth-order valence-electron chi connectivity index (χ4n) is 2.15. The van der Waals surface area contributed by atoms with Crippen molar-refractivity contribution >= 4 is 5.91 Å². The Kier molecular flexibility index (Phi) is 3.76. The van der Waals surface area contributed by atoms with Crippen molar-refractivity contribution in [2.24, 2.45) is 5.73 Å². The van der Waals surface area contributed by atoms with Gasteiger partial charge in [0.25, 0.3) is 0 Å². The van der Waals surface area contributed by atoms with Crippen LogP contribution in [0.2, 0.25) is 0 Å². The highest BCUT2D eigenvalue weighted by Crippen LogP contribution is 2.25. The maximum atomic E-state index is 11.8. The lowest BCUT2D eigenvalue weighted by atomic mass is 10.0. The Morgan fingerprint density at radius 3 is 2.82 bits per heavy atom. The molecule has 0 aliphatic carbocycles. The van der Waals surface area contributed by atoms with Gasteiger partial charge in [-0.05, 0) is 12.5 Å². The maximum absolute atomic E-state index is 11.8. The number of ether oxygens (including phenoxy) is 1. The predicted molar refractivity (Wildman–Crippen MR) is 65.4 cm³/mol. The Morgan fingerprint density at radius 2 is 2.18 bits per heavy atom. The molecule has 0 spiro atoms. The zero-order valence-corrected chi connectivity index (χ0v) is 10.0. The van der Waals surface area contributed by atoms with Gasteiger partial charge in [-0.15, -0.1) is 0 Å². The van der Waals surface area contributed by atoms with Crippen molar-refractivity contribution < 1.29 is 9.53 Å². The molecule has 0 bridgehead atoms. The summed E-state index contributed by atoms with van der Waals surface area (Å²) in [6.45, 7) is 3.17. The highest BCUT2D eigenvalue weighted by atomic mass is 16.5. The molecule has 1 aliphatic rings. The number of hydrogen-bond acceptors (Lipinski definition) is 3. The second-order valence-electron chi connectivity index (χ2n) is 4.32. The molecular weight excluding hydrogens is 216 g/mol. The SMILES string of the molecule is C[C@@H]1CN(C(=O)CN)[C@@H](c2ccccc2)CO1. The summed E-state index contributed by atoms with van der Waals surface area (Å²) in [7, 11) is 0. The summed E-state index contributed by atoms with van der Waals surface area (Å²) in [5.74, 6) is -0.0194. The number of nitrogens with zero attached hydrogens (tertiary/aromatic N) is 1. The van der Waals surface area contributed by atoms with E-state index in [9.17, 15) is 4.79 Å². The van der Waals surface area contributed by atoms with Gasteiger partial charge in [0.05, 0.1) is 25.3 Å². The molecule has 1 aliphatic heterocycles. The first-order chi connectivity index (χ1) is 8.22. The van der Waals surface area contributed by atoms with Crippen LogP contribution < -0.4 is 5.73 Å². The summed E-state index contributed by atoms with van der Waals surface area (Å²) in [5.41, 5.74) is 6.55. The number of nitrogens with two attached hydrogens (primary N) is 1. The van der Waals surface area contributed by atoms with Gasteiger partial charge in [0, 0.05) is 6.54 Å². The largest absolute Gasteiger partial charge is 0.374 e. The lowest BCUT2D eigenvalue weighted by Crippen LogP contribution is -2.48. The van der Waals surface area contributed by atoms with Crippen LogP contribution in [0.5, 0.6) is 0 Å². The molecule has 1 saturated heterocycles. The second-order valence-corrected chi connectivity index (χ2v) is 4.32. The minimum Gasteiger partial charge on any atom is -0.374 e. The van der Waals surface area contributed by atoms with Crippen LogP contribution in [0.1, 0.15) is 18.5 Å². The van der Waals surface area contributed by atoms with Crippen LogP contribution in [0.15, 0.2) is 30.3 Å². The molecule has 2 atom stereocenters.